The van der Waals surface area contributed by atoms with Crippen molar-refractivity contribution in [1.29, 1.82) is 0 Å². The molecule has 0 spiro atoms. The maximum Gasteiger partial charge on any atom is 0.124 e. The van der Waals surface area contributed by atoms with Gasteiger partial charge < -0.3 is 10.1 Å². The minimum atomic E-state index is -0.185. The molecular weight excluding hydrogens is 273 g/mol. The third-order valence-electron chi connectivity index (χ3n) is 3.57. The van der Waals surface area contributed by atoms with E-state index in [1.807, 2.05) is 11.8 Å². The molecule has 2 rings (SSSR count). The molecule has 0 amide bonds. The van der Waals surface area contributed by atoms with Crippen LogP contribution in [0.5, 0.6) is 5.75 Å². The quantitative estimate of drug-likeness (QED) is 0.764. The third kappa shape index (κ3) is 4.13. The van der Waals surface area contributed by atoms with Crippen LogP contribution in [0.15, 0.2) is 18.2 Å². The van der Waals surface area contributed by atoms with Crippen LogP contribution in [0.25, 0.3) is 0 Å². The van der Waals surface area contributed by atoms with E-state index in [2.05, 4.69) is 19.2 Å². The zero-order valence-corrected chi connectivity index (χ0v) is 13.1. The molecule has 4 heteroatoms. The molecule has 0 aromatic heterocycles. The van der Waals surface area contributed by atoms with Gasteiger partial charge in [-0.05, 0) is 49.1 Å². The van der Waals surface area contributed by atoms with Gasteiger partial charge in [-0.25, -0.2) is 4.39 Å². The summed E-state index contributed by atoms with van der Waals surface area (Å²) in [7, 11) is 0. The van der Waals surface area contributed by atoms with Crippen LogP contribution in [0.3, 0.4) is 0 Å². The molecule has 20 heavy (non-hydrogen) atoms. The summed E-state index contributed by atoms with van der Waals surface area (Å²) < 4.78 is 19.5. The van der Waals surface area contributed by atoms with Gasteiger partial charge in [-0.15, -0.1) is 0 Å². The van der Waals surface area contributed by atoms with E-state index in [0.29, 0.717) is 0 Å². The molecule has 0 fully saturated rings. The zero-order valence-electron chi connectivity index (χ0n) is 12.3. The van der Waals surface area contributed by atoms with E-state index in [1.165, 1.54) is 6.07 Å². The molecule has 0 radical (unpaired) electrons. The number of hydrogen-bond acceptors (Lipinski definition) is 3. The maximum absolute atomic E-state index is 13.4. The van der Waals surface area contributed by atoms with Crippen LogP contribution in [-0.2, 0) is 0 Å². The molecule has 1 aliphatic heterocycles. The van der Waals surface area contributed by atoms with Crippen LogP contribution in [0.1, 0.15) is 44.7 Å². The van der Waals surface area contributed by atoms with E-state index in [9.17, 15) is 4.39 Å². The molecule has 0 aliphatic carbocycles. The number of thioether (sulfide) groups is 1. The molecule has 1 aromatic rings. The predicted molar refractivity (Wildman–Crippen MR) is 84.1 cm³/mol. The van der Waals surface area contributed by atoms with Crippen molar-refractivity contribution in [3.05, 3.63) is 29.6 Å². The van der Waals surface area contributed by atoms with Gasteiger partial charge in [0.2, 0.25) is 0 Å². The number of nitrogens with one attached hydrogen (secondary N) is 1. The largest absolute Gasteiger partial charge is 0.490 e. The molecule has 1 aliphatic rings. The Labute approximate surface area is 125 Å². The summed E-state index contributed by atoms with van der Waals surface area (Å²) in [5.74, 6) is 2.93. The van der Waals surface area contributed by atoms with E-state index in [4.69, 9.17) is 4.74 Å². The second-order valence-corrected chi connectivity index (χ2v) is 6.54. The summed E-state index contributed by atoms with van der Waals surface area (Å²) in [6.45, 7) is 5.28. The number of benzene rings is 1. The third-order valence-corrected chi connectivity index (χ3v) is 4.50. The lowest BCUT2D eigenvalue weighted by molar-refractivity contribution is 0.146. The van der Waals surface area contributed by atoms with Crippen molar-refractivity contribution < 1.29 is 9.13 Å². The minimum absolute atomic E-state index is 0.185. The highest BCUT2D eigenvalue weighted by molar-refractivity contribution is 7.99. The monoisotopic (exact) mass is 297 g/mol. The number of fused-ring (bicyclic) bond motifs is 1. The average Bonchev–Trinajstić information content (AvgIpc) is 2.45. The summed E-state index contributed by atoms with van der Waals surface area (Å²) >= 11 is 1.94. The molecular formula is C16H24FNOS. The Hall–Kier alpha value is -0.740. The number of rotatable bonds is 7. The fraction of sp³-hybridized carbons (Fsp3) is 0.625. The smallest absolute Gasteiger partial charge is 0.124 e. The van der Waals surface area contributed by atoms with Crippen LogP contribution >= 0.6 is 11.8 Å². The second kappa shape index (κ2) is 7.89. The molecule has 0 saturated carbocycles. The van der Waals surface area contributed by atoms with Crippen LogP contribution in [-0.4, -0.2) is 24.2 Å². The summed E-state index contributed by atoms with van der Waals surface area (Å²) in [4.78, 5) is 0. The molecule has 0 bridgehead atoms. The van der Waals surface area contributed by atoms with Crippen molar-refractivity contribution in [2.45, 2.75) is 45.3 Å². The minimum Gasteiger partial charge on any atom is -0.490 e. The van der Waals surface area contributed by atoms with Gasteiger partial charge in [0.15, 0.2) is 0 Å². The van der Waals surface area contributed by atoms with Crippen LogP contribution < -0.4 is 10.1 Å². The first-order chi connectivity index (χ1) is 9.74. The van der Waals surface area contributed by atoms with Crippen LogP contribution in [0.2, 0.25) is 0 Å². The van der Waals surface area contributed by atoms with E-state index in [0.717, 1.165) is 48.6 Å². The highest BCUT2D eigenvalue weighted by Gasteiger charge is 2.27. The van der Waals surface area contributed by atoms with E-state index >= 15 is 0 Å². The van der Waals surface area contributed by atoms with Gasteiger partial charge in [0.05, 0.1) is 0 Å². The Morgan fingerprint density at radius 3 is 3.00 bits per heavy atom. The van der Waals surface area contributed by atoms with Crippen molar-refractivity contribution in [2.75, 3.05) is 18.1 Å². The van der Waals surface area contributed by atoms with Gasteiger partial charge in [0, 0.05) is 18.0 Å². The molecule has 2 unspecified atom stereocenters. The van der Waals surface area contributed by atoms with E-state index in [1.54, 1.807) is 12.1 Å². The highest BCUT2D eigenvalue weighted by atomic mass is 32.2. The first kappa shape index (κ1) is 15.6. The lowest BCUT2D eigenvalue weighted by Gasteiger charge is -2.33. The summed E-state index contributed by atoms with van der Waals surface area (Å²) in [6, 6.07) is 5.08. The Kier molecular flexibility index (Phi) is 6.17. The van der Waals surface area contributed by atoms with Crippen LogP contribution in [0.4, 0.5) is 4.39 Å². The lowest BCUT2D eigenvalue weighted by Crippen LogP contribution is -2.33. The lowest BCUT2D eigenvalue weighted by atomic mass is 9.95. The molecule has 0 saturated heterocycles. The summed E-state index contributed by atoms with van der Waals surface area (Å²) in [6.07, 6.45) is 3.31. The number of ether oxygens (including phenoxy) is 1. The second-order valence-electron chi connectivity index (χ2n) is 5.15. The van der Waals surface area contributed by atoms with Crippen molar-refractivity contribution in [1.82, 2.24) is 5.32 Å². The van der Waals surface area contributed by atoms with Gasteiger partial charge >= 0.3 is 0 Å². The first-order valence-electron chi connectivity index (χ1n) is 7.51. The SMILES string of the molecule is CCCNC1CC(CCSCC)Oc2ccc(F)cc21. The average molecular weight is 297 g/mol. The topological polar surface area (TPSA) is 21.3 Å². The van der Waals surface area contributed by atoms with Crippen LogP contribution in [0, 0.1) is 5.82 Å². The van der Waals surface area contributed by atoms with Crippen molar-refractivity contribution in [2.24, 2.45) is 0 Å². The van der Waals surface area contributed by atoms with E-state index < -0.39 is 0 Å². The summed E-state index contributed by atoms with van der Waals surface area (Å²) in [5.41, 5.74) is 0.970. The fourth-order valence-corrected chi connectivity index (χ4v) is 3.28. The van der Waals surface area contributed by atoms with E-state index in [-0.39, 0.29) is 18.0 Å². The molecule has 1 N–H and O–H groups in total. The highest BCUT2D eigenvalue weighted by Crippen LogP contribution is 2.36. The fourth-order valence-electron chi connectivity index (χ4n) is 2.56. The van der Waals surface area contributed by atoms with Gasteiger partial charge in [-0.2, -0.15) is 11.8 Å². The summed E-state index contributed by atoms with van der Waals surface area (Å²) in [5, 5.41) is 3.52. The molecule has 2 nitrogen and oxygen atoms in total. The van der Waals surface area contributed by atoms with Crippen molar-refractivity contribution >= 4 is 11.8 Å². The Morgan fingerprint density at radius 1 is 1.40 bits per heavy atom. The Balaban J connectivity index is 2.07. The van der Waals surface area contributed by atoms with Gasteiger partial charge in [-0.1, -0.05) is 13.8 Å². The maximum atomic E-state index is 13.4. The Bertz CT molecular complexity index is 427. The normalized spacial score (nSPS) is 21.4. The standard InChI is InChI=1S/C16H24FNOS/c1-3-8-18-15-11-13(7-9-20-4-2)19-16-6-5-12(17)10-14(15)16/h5-6,10,13,15,18H,3-4,7-9,11H2,1-2H3. The number of halogens is 1. The number of hydrogen-bond donors (Lipinski definition) is 1. The molecule has 2 atom stereocenters. The van der Waals surface area contributed by atoms with Gasteiger partial charge in [0.25, 0.3) is 0 Å². The van der Waals surface area contributed by atoms with Crippen molar-refractivity contribution in [3.8, 4) is 5.75 Å². The molecule has 112 valence electrons. The Morgan fingerprint density at radius 2 is 2.25 bits per heavy atom. The predicted octanol–water partition coefficient (Wildman–Crippen LogP) is 4.16. The first-order valence-corrected chi connectivity index (χ1v) is 8.67. The molecule has 1 aromatic carbocycles. The van der Waals surface area contributed by atoms with Gasteiger partial charge in [0.1, 0.15) is 17.7 Å². The van der Waals surface area contributed by atoms with Gasteiger partial charge in [-0.3, -0.25) is 0 Å². The van der Waals surface area contributed by atoms with Crippen molar-refractivity contribution in [3.63, 3.8) is 0 Å². The molecule has 1 heterocycles. The zero-order chi connectivity index (χ0) is 14.4.